The van der Waals surface area contributed by atoms with Crippen molar-refractivity contribution in [2.45, 2.75) is 18.3 Å². The molecule has 110 valence electrons. The highest BCUT2D eigenvalue weighted by Gasteiger charge is 2.31. The molecule has 20 heavy (non-hydrogen) atoms. The Morgan fingerprint density at radius 2 is 2.15 bits per heavy atom. The monoisotopic (exact) mass is 297 g/mol. The molecule has 0 radical (unpaired) electrons. The summed E-state index contributed by atoms with van der Waals surface area (Å²) in [6, 6.07) is 7.26. The molecule has 1 fully saturated rings. The van der Waals surface area contributed by atoms with Crippen LogP contribution in [0.2, 0.25) is 0 Å². The number of carbonyl (C=O) groups excluding carboxylic acids is 1. The van der Waals surface area contributed by atoms with Crippen LogP contribution in [0.5, 0.6) is 11.5 Å². The van der Waals surface area contributed by atoms with E-state index in [1.54, 1.807) is 18.9 Å². The molecule has 1 heterocycles. The number of carbonyl (C=O) groups is 1. The molecule has 1 saturated heterocycles. The van der Waals surface area contributed by atoms with Crippen molar-refractivity contribution < 1.29 is 19.0 Å². The van der Waals surface area contributed by atoms with Gasteiger partial charge in [0.05, 0.1) is 19.1 Å². The summed E-state index contributed by atoms with van der Waals surface area (Å²) >= 11 is 1.66. The number of methoxy groups -OCH3 is 1. The summed E-state index contributed by atoms with van der Waals surface area (Å²) in [4.78, 5) is 11.6. The zero-order chi connectivity index (χ0) is 14.4. The van der Waals surface area contributed by atoms with Crippen molar-refractivity contribution >= 4 is 17.7 Å². The lowest BCUT2D eigenvalue weighted by atomic mass is 10.3. The number of ether oxygens (including phenoxy) is 3. The summed E-state index contributed by atoms with van der Waals surface area (Å²) in [6.45, 7) is 2.69. The van der Waals surface area contributed by atoms with Crippen molar-refractivity contribution in [1.82, 2.24) is 5.32 Å². The van der Waals surface area contributed by atoms with Crippen molar-refractivity contribution in [3.05, 3.63) is 24.3 Å². The number of hydrogen-bond acceptors (Lipinski definition) is 6. The third kappa shape index (κ3) is 3.80. The zero-order valence-electron chi connectivity index (χ0n) is 11.6. The van der Waals surface area contributed by atoms with Gasteiger partial charge in [0, 0.05) is 5.75 Å². The molecule has 1 aliphatic rings. The third-order valence-electron chi connectivity index (χ3n) is 2.88. The highest BCUT2D eigenvalue weighted by Crippen LogP contribution is 2.27. The highest BCUT2D eigenvalue weighted by atomic mass is 32.2. The minimum absolute atomic E-state index is 0.0781. The molecule has 2 rings (SSSR count). The summed E-state index contributed by atoms with van der Waals surface area (Å²) in [5, 5.41) is 3.28. The number of rotatable bonds is 6. The lowest BCUT2D eigenvalue weighted by molar-refractivity contribution is -0.144. The van der Waals surface area contributed by atoms with Crippen LogP contribution in [-0.4, -0.2) is 43.5 Å². The Kier molecular flexibility index (Phi) is 5.55. The van der Waals surface area contributed by atoms with Crippen LogP contribution in [0.25, 0.3) is 0 Å². The van der Waals surface area contributed by atoms with Gasteiger partial charge in [-0.15, -0.1) is 11.8 Å². The summed E-state index contributed by atoms with van der Waals surface area (Å²) in [5.41, 5.74) is 0. The van der Waals surface area contributed by atoms with Crippen LogP contribution >= 0.6 is 11.8 Å². The second kappa shape index (κ2) is 7.40. The van der Waals surface area contributed by atoms with Gasteiger partial charge in [-0.1, -0.05) is 12.1 Å². The van der Waals surface area contributed by atoms with E-state index in [0.717, 1.165) is 0 Å². The minimum atomic E-state index is -0.244. The van der Waals surface area contributed by atoms with Crippen LogP contribution < -0.4 is 14.8 Å². The van der Waals surface area contributed by atoms with E-state index in [1.807, 2.05) is 31.2 Å². The van der Waals surface area contributed by atoms with Gasteiger partial charge in [-0.3, -0.25) is 10.1 Å². The molecule has 0 bridgehead atoms. The number of thioether (sulfide) groups is 1. The largest absolute Gasteiger partial charge is 0.493 e. The molecule has 2 atom stereocenters. The summed E-state index contributed by atoms with van der Waals surface area (Å²) in [7, 11) is 1.61. The molecule has 1 unspecified atom stereocenters. The van der Waals surface area contributed by atoms with E-state index in [4.69, 9.17) is 14.2 Å². The summed E-state index contributed by atoms with van der Waals surface area (Å²) < 4.78 is 16.0. The first-order valence-electron chi connectivity index (χ1n) is 6.54. The molecule has 0 saturated carbocycles. The fourth-order valence-electron chi connectivity index (χ4n) is 1.91. The van der Waals surface area contributed by atoms with Crippen molar-refractivity contribution in [1.29, 1.82) is 0 Å². The molecule has 1 aromatic carbocycles. The first-order valence-corrected chi connectivity index (χ1v) is 7.59. The molecule has 0 aromatic heterocycles. The quantitative estimate of drug-likeness (QED) is 0.806. The number of esters is 1. The van der Waals surface area contributed by atoms with Crippen LogP contribution in [-0.2, 0) is 9.53 Å². The molecule has 0 spiro atoms. The van der Waals surface area contributed by atoms with Crippen LogP contribution in [0.1, 0.15) is 6.92 Å². The van der Waals surface area contributed by atoms with Crippen LogP contribution in [0.15, 0.2) is 24.3 Å². The number of para-hydroxylation sites is 2. The molecule has 0 amide bonds. The predicted molar refractivity (Wildman–Crippen MR) is 78.3 cm³/mol. The topological polar surface area (TPSA) is 56.8 Å². The SMILES string of the molecule is CCOC(=O)[C@@H]1CSC(COc2ccccc2OC)N1. The summed E-state index contributed by atoms with van der Waals surface area (Å²) in [6.07, 6.45) is 0. The van der Waals surface area contributed by atoms with E-state index >= 15 is 0 Å². The Bertz CT molecular complexity index is 455. The number of nitrogens with one attached hydrogen (secondary N) is 1. The van der Waals surface area contributed by atoms with E-state index in [9.17, 15) is 4.79 Å². The number of benzene rings is 1. The standard InChI is InChI=1S/C14H19NO4S/c1-3-18-14(16)10-9-20-13(15-10)8-19-12-7-5-4-6-11(12)17-2/h4-7,10,13,15H,3,8-9H2,1-2H3/t10-,13?/m0/s1. The van der Waals surface area contributed by atoms with Gasteiger partial charge in [0.2, 0.25) is 0 Å². The molecule has 5 nitrogen and oxygen atoms in total. The fourth-order valence-corrected chi connectivity index (χ4v) is 2.99. The Morgan fingerprint density at radius 3 is 2.85 bits per heavy atom. The Balaban J connectivity index is 1.82. The first kappa shape index (κ1) is 15.0. The fraction of sp³-hybridized carbons (Fsp3) is 0.500. The maximum Gasteiger partial charge on any atom is 0.324 e. The van der Waals surface area contributed by atoms with Gasteiger partial charge >= 0.3 is 5.97 Å². The Hall–Kier alpha value is -1.40. The lowest BCUT2D eigenvalue weighted by Crippen LogP contribution is -2.39. The predicted octanol–water partition coefficient (Wildman–Crippen LogP) is 1.67. The molecule has 1 aromatic rings. The Labute approximate surface area is 123 Å². The van der Waals surface area contributed by atoms with Gasteiger partial charge in [-0.25, -0.2) is 0 Å². The van der Waals surface area contributed by atoms with Gasteiger partial charge in [0.15, 0.2) is 11.5 Å². The highest BCUT2D eigenvalue weighted by molar-refractivity contribution is 8.00. The van der Waals surface area contributed by atoms with Crippen molar-refractivity contribution in [2.75, 3.05) is 26.1 Å². The maximum absolute atomic E-state index is 11.6. The molecule has 0 aliphatic carbocycles. The van der Waals surface area contributed by atoms with Crippen molar-refractivity contribution in [3.63, 3.8) is 0 Å². The van der Waals surface area contributed by atoms with Crippen LogP contribution in [0, 0.1) is 0 Å². The third-order valence-corrected chi connectivity index (χ3v) is 4.08. The van der Waals surface area contributed by atoms with Gasteiger partial charge in [-0.05, 0) is 19.1 Å². The van der Waals surface area contributed by atoms with E-state index in [0.29, 0.717) is 30.5 Å². The van der Waals surface area contributed by atoms with Gasteiger partial charge in [0.1, 0.15) is 12.6 Å². The summed E-state index contributed by atoms with van der Waals surface area (Å²) in [5.74, 6) is 1.92. The van der Waals surface area contributed by atoms with Gasteiger partial charge < -0.3 is 14.2 Å². The van der Waals surface area contributed by atoms with Gasteiger partial charge in [-0.2, -0.15) is 0 Å². The molecule has 1 N–H and O–H groups in total. The van der Waals surface area contributed by atoms with Gasteiger partial charge in [0.25, 0.3) is 0 Å². The molecule has 6 heteroatoms. The first-order chi connectivity index (χ1) is 9.74. The normalized spacial score (nSPS) is 21.5. The van der Waals surface area contributed by atoms with E-state index in [-0.39, 0.29) is 17.4 Å². The minimum Gasteiger partial charge on any atom is -0.493 e. The zero-order valence-corrected chi connectivity index (χ0v) is 12.4. The second-order valence-corrected chi connectivity index (χ2v) is 5.49. The smallest absolute Gasteiger partial charge is 0.324 e. The van der Waals surface area contributed by atoms with Crippen LogP contribution in [0.3, 0.4) is 0 Å². The Morgan fingerprint density at radius 1 is 1.40 bits per heavy atom. The molecular formula is C14H19NO4S. The van der Waals surface area contributed by atoms with Crippen molar-refractivity contribution in [2.24, 2.45) is 0 Å². The maximum atomic E-state index is 11.6. The molecule has 1 aliphatic heterocycles. The van der Waals surface area contributed by atoms with E-state index < -0.39 is 0 Å². The molecular weight excluding hydrogens is 278 g/mol. The van der Waals surface area contributed by atoms with Crippen LogP contribution in [0.4, 0.5) is 0 Å². The van der Waals surface area contributed by atoms with E-state index in [1.165, 1.54) is 0 Å². The average Bonchev–Trinajstić information content (AvgIpc) is 2.94. The average molecular weight is 297 g/mol. The van der Waals surface area contributed by atoms with Crippen molar-refractivity contribution in [3.8, 4) is 11.5 Å². The number of hydrogen-bond donors (Lipinski definition) is 1. The van der Waals surface area contributed by atoms with E-state index in [2.05, 4.69) is 5.32 Å². The second-order valence-electron chi connectivity index (χ2n) is 4.26. The lowest BCUT2D eigenvalue weighted by Gasteiger charge is -2.15.